The minimum absolute atomic E-state index is 0.00783. The zero-order valence-electron chi connectivity index (χ0n) is 9.47. The Labute approximate surface area is 96.7 Å². The average Bonchev–Trinajstić information content (AvgIpc) is 2.85. The standard InChI is InChI=1S/C9H12N6O2/c1-5-6(4-12-15(5)2)3-11-9(16)7-8(10)14-17-13-7/h4H,3H2,1-2H3,(H2,10,14)(H,11,16). The van der Waals surface area contributed by atoms with E-state index in [1.807, 2.05) is 14.0 Å². The van der Waals surface area contributed by atoms with Gasteiger partial charge in [-0.05, 0) is 17.2 Å². The summed E-state index contributed by atoms with van der Waals surface area (Å²) in [5, 5.41) is 13.5. The van der Waals surface area contributed by atoms with Crippen LogP contribution in [0.1, 0.15) is 21.7 Å². The summed E-state index contributed by atoms with van der Waals surface area (Å²) < 4.78 is 6.07. The van der Waals surface area contributed by atoms with E-state index in [0.717, 1.165) is 11.3 Å². The van der Waals surface area contributed by atoms with Gasteiger partial charge in [-0.3, -0.25) is 9.48 Å². The molecule has 3 N–H and O–H groups in total. The number of nitrogens with one attached hydrogen (secondary N) is 1. The van der Waals surface area contributed by atoms with Gasteiger partial charge in [-0.1, -0.05) is 0 Å². The maximum atomic E-state index is 11.6. The minimum Gasteiger partial charge on any atom is -0.379 e. The highest BCUT2D eigenvalue weighted by Gasteiger charge is 2.16. The minimum atomic E-state index is -0.424. The van der Waals surface area contributed by atoms with Crippen LogP contribution in [0.15, 0.2) is 10.8 Å². The molecule has 0 radical (unpaired) electrons. The Morgan fingerprint density at radius 3 is 2.88 bits per heavy atom. The van der Waals surface area contributed by atoms with Crippen LogP contribution in [0.25, 0.3) is 0 Å². The molecule has 0 aliphatic heterocycles. The number of aromatic nitrogens is 4. The quantitative estimate of drug-likeness (QED) is 0.751. The van der Waals surface area contributed by atoms with Gasteiger partial charge in [-0.2, -0.15) is 5.10 Å². The van der Waals surface area contributed by atoms with Crippen LogP contribution >= 0.6 is 0 Å². The highest BCUT2D eigenvalue weighted by Crippen LogP contribution is 2.07. The maximum Gasteiger partial charge on any atom is 0.277 e. The molecule has 0 bridgehead atoms. The van der Waals surface area contributed by atoms with E-state index in [1.54, 1.807) is 10.9 Å². The number of nitrogens with two attached hydrogens (primary N) is 1. The van der Waals surface area contributed by atoms with Gasteiger partial charge in [-0.25, -0.2) is 4.63 Å². The average molecular weight is 236 g/mol. The van der Waals surface area contributed by atoms with E-state index >= 15 is 0 Å². The number of amides is 1. The lowest BCUT2D eigenvalue weighted by molar-refractivity contribution is 0.0941. The van der Waals surface area contributed by atoms with Crippen LogP contribution in [0.4, 0.5) is 5.82 Å². The molecule has 2 aromatic heterocycles. The van der Waals surface area contributed by atoms with E-state index in [1.165, 1.54) is 0 Å². The molecular weight excluding hydrogens is 224 g/mol. The van der Waals surface area contributed by atoms with Crippen LogP contribution < -0.4 is 11.1 Å². The van der Waals surface area contributed by atoms with Crippen LogP contribution in [-0.2, 0) is 13.6 Å². The topological polar surface area (TPSA) is 112 Å². The smallest absolute Gasteiger partial charge is 0.277 e. The van der Waals surface area contributed by atoms with Gasteiger partial charge in [0.2, 0.25) is 11.5 Å². The summed E-state index contributed by atoms with van der Waals surface area (Å²) in [4.78, 5) is 11.6. The van der Waals surface area contributed by atoms with Crippen molar-refractivity contribution in [3.05, 3.63) is 23.1 Å². The van der Waals surface area contributed by atoms with Gasteiger partial charge in [0.25, 0.3) is 5.91 Å². The molecule has 2 aromatic rings. The molecule has 90 valence electrons. The van der Waals surface area contributed by atoms with E-state index in [2.05, 4.69) is 25.4 Å². The van der Waals surface area contributed by atoms with Crippen molar-refractivity contribution in [2.24, 2.45) is 7.05 Å². The van der Waals surface area contributed by atoms with Gasteiger partial charge in [0.05, 0.1) is 6.20 Å². The Kier molecular flexibility index (Phi) is 2.77. The van der Waals surface area contributed by atoms with Crippen molar-refractivity contribution in [1.82, 2.24) is 25.4 Å². The Morgan fingerprint density at radius 2 is 2.35 bits per heavy atom. The first-order valence-corrected chi connectivity index (χ1v) is 4.93. The van der Waals surface area contributed by atoms with Gasteiger partial charge in [-0.15, -0.1) is 0 Å². The Bertz CT molecular complexity index is 543. The van der Waals surface area contributed by atoms with Crippen LogP contribution in [0.2, 0.25) is 0 Å². The van der Waals surface area contributed by atoms with Crippen molar-refractivity contribution in [2.45, 2.75) is 13.5 Å². The van der Waals surface area contributed by atoms with Crippen LogP contribution in [0.5, 0.6) is 0 Å². The molecule has 0 saturated carbocycles. The molecule has 0 aliphatic rings. The van der Waals surface area contributed by atoms with E-state index in [9.17, 15) is 4.79 Å². The molecule has 2 heterocycles. The number of anilines is 1. The third kappa shape index (κ3) is 2.10. The SMILES string of the molecule is Cc1c(CNC(=O)c2nonc2N)cnn1C. The summed E-state index contributed by atoms with van der Waals surface area (Å²) in [5.74, 6) is -0.447. The Balaban J connectivity index is 2.02. The lowest BCUT2D eigenvalue weighted by Crippen LogP contribution is -2.24. The fourth-order valence-electron chi connectivity index (χ4n) is 1.33. The van der Waals surface area contributed by atoms with Crippen molar-refractivity contribution in [2.75, 3.05) is 5.73 Å². The summed E-state index contributed by atoms with van der Waals surface area (Å²) in [7, 11) is 1.83. The van der Waals surface area contributed by atoms with Gasteiger partial charge in [0, 0.05) is 24.8 Å². The normalized spacial score (nSPS) is 10.5. The first kappa shape index (κ1) is 11.1. The monoisotopic (exact) mass is 236 g/mol. The number of hydrogen-bond donors (Lipinski definition) is 2. The van der Waals surface area contributed by atoms with Crippen molar-refractivity contribution < 1.29 is 9.42 Å². The zero-order valence-corrected chi connectivity index (χ0v) is 9.47. The first-order chi connectivity index (χ1) is 8.09. The second-order valence-electron chi connectivity index (χ2n) is 3.56. The molecule has 0 fully saturated rings. The predicted octanol–water partition coefficient (Wildman–Crippen LogP) is -0.376. The Morgan fingerprint density at radius 1 is 1.59 bits per heavy atom. The molecule has 0 aromatic carbocycles. The van der Waals surface area contributed by atoms with Crippen LogP contribution in [0.3, 0.4) is 0 Å². The van der Waals surface area contributed by atoms with E-state index in [0.29, 0.717) is 6.54 Å². The van der Waals surface area contributed by atoms with Crippen molar-refractivity contribution in [1.29, 1.82) is 0 Å². The number of rotatable bonds is 3. The highest BCUT2D eigenvalue weighted by atomic mass is 16.6. The largest absolute Gasteiger partial charge is 0.379 e. The number of aryl methyl sites for hydroxylation is 1. The fourth-order valence-corrected chi connectivity index (χ4v) is 1.33. The molecule has 17 heavy (non-hydrogen) atoms. The lowest BCUT2D eigenvalue weighted by atomic mass is 10.2. The molecule has 2 rings (SSSR count). The number of nitrogen functional groups attached to an aromatic ring is 1. The van der Waals surface area contributed by atoms with Crippen molar-refractivity contribution in [3.8, 4) is 0 Å². The summed E-state index contributed by atoms with van der Waals surface area (Å²) in [6.07, 6.45) is 1.69. The van der Waals surface area contributed by atoms with Gasteiger partial charge in [0.1, 0.15) is 0 Å². The molecule has 0 saturated heterocycles. The van der Waals surface area contributed by atoms with Crippen molar-refractivity contribution >= 4 is 11.7 Å². The molecule has 0 aliphatic carbocycles. The van der Waals surface area contributed by atoms with Gasteiger partial charge in [0.15, 0.2) is 0 Å². The van der Waals surface area contributed by atoms with Crippen molar-refractivity contribution in [3.63, 3.8) is 0 Å². The van der Waals surface area contributed by atoms with Crippen LogP contribution in [0, 0.1) is 6.92 Å². The maximum absolute atomic E-state index is 11.6. The molecule has 0 atom stereocenters. The number of carbonyl (C=O) groups excluding carboxylic acids is 1. The molecule has 1 amide bonds. The summed E-state index contributed by atoms with van der Waals surface area (Å²) in [6, 6.07) is 0. The fraction of sp³-hybridized carbons (Fsp3) is 0.333. The summed E-state index contributed by atoms with van der Waals surface area (Å²) >= 11 is 0. The summed E-state index contributed by atoms with van der Waals surface area (Å²) in [6.45, 7) is 2.27. The third-order valence-corrected chi connectivity index (χ3v) is 2.51. The number of nitrogens with zero attached hydrogens (tertiary/aromatic N) is 4. The van der Waals surface area contributed by atoms with Gasteiger partial charge >= 0.3 is 0 Å². The number of hydrogen-bond acceptors (Lipinski definition) is 6. The first-order valence-electron chi connectivity index (χ1n) is 4.93. The molecule has 8 nitrogen and oxygen atoms in total. The molecule has 0 spiro atoms. The second-order valence-corrected chi connectivity index (χ2v) is 3.56. The van der Waals surface area contributed by atoms with E-state index in [-0.39, 0.29) is 11.5 Å². The highest BCUT2D eigenvalue weighted by molar-refractivity contribution is 5.95. The summed E-state index contributed by atoms with van der Waals surface area (Å²) in [5.41, 5.74) is 7.30. The van der Waals surface area contributed by atoms with E-state index < -0.39 is 5.91 Å². The predicted molar refractivity (Wildman–Crippen MR) is 57.8 cm³/mol. The second kappa shape index (κ2) is 4.24. The van der Waals surface area contributed by atoms with Gasteiger partial charge < -0.3 is 11.1 Å². The number of carbonyl (C=O) groups is 1. The van der Waals surface area contributed by atoms with E-state index in [4.69, 9.17) is 5.73 Å². The molecular formula is C9H12N6O2. The molecule has 8 heteroatoms. The third-order valence-electron chi connectivity index (χ3n) is 2.51. The molecule has 0 unspecified atom stereocenters. The zero-order chi connectivity index (χ0) is 12.4. The van der Waals surface area contributed by atoms with Crippen LogP contribution in [-0.4, -0.2) is 26.0 Å². The lowest BCUT2D eigenvalue weighted by Gasteiger charge is -2.02. The Hall–Kier alpha value is -2.38.